The summed E-state index contributed by atoms with van der Waals surface area (Å²) in [5.41, 5.74) is 3.83. The highest BCUT2D eigenvalue weighted by atomic mass is 35.5. The second-order valence-corrected chi connectivity index (χ2v) is 9.95. The van der Waals surface area contributed by atoms with Gasteiger partial charge in [0.25, 0.3) is 11.8 Å². The fraction of sp³-hybridized carbons (Fsp3) is 0.542. The lowest BCUT2D eigenvalue weighted by Crippen LogP contribution is -2.45. The number of rotatable bonds is 4. The third kappa shape index (κ3) is 4.38. The van der Waals surface area contributed by atoms with Crippen molar-refractivity contribution < 1.29 is 9.59 Å². The Kier molecular flexibility index (Phi) is 6.78. The maximum Gasteiger partial charge on any atom is 0.255 e. The topological polar surface area (TPSA) is 56.2 Å². The van der Waals surface area contributed by atoms with Gasteiger partial charge in [0.05, 0.1) is 16.5 Å². The summed E-state index contributed by atoms with van der Waals surface area (Å²) in [4.78, 5) is 36.5. The highest BCUT2D eigenvalue weighted by molar-refractivity contribution is 6.37. The molecular formula is C24H30Cl2N4O2. The van der Waals surface area contributed by atoms with E-state index < -0.39 is 5.92 Å². The number of piperazine rings is 1. The van der Waals surface area contributed by atoms with Crippen LogP contribution in [0.25, 0.3) is 0 Å². The van der Waals surface area contributed by atoms with E-state index in [0.717, 1.165) is 42.9 Å². The van der Waals surface area contributed by atoms with Gasteiger partial charge in [-0.1, -0.05) is 28.8 Å². The first-order chi connectivity index (χ1) is 15.2. The number of hydrogen-bond donors (Lipinski definition) is 0. The molecule has 8 heteroatoms. The molecule has 0 spiro atoms. The van der Waals surface area contributed by atoms with E-state index in [0.29, 0.717) is 40.8 Å². The van der Waals surface area contributed by atoms with Gasteiger partial charge in [-0.3, -0.25) is 14.5 Å². The number of benzene rings is 1. The summed E-state index contributed by atoms with van der Waals surface area (Å²) in [6.45, 7) is 10.5. The first kappa shape index (κ1) is 23.4. The molecular weight excluding hydrogens is 447 g/mol. The van der Waals surface area contributed by atoms with Crippen molar-refractivity contribution in [2.75, 3.05) is 46.3 Å². The summed E-state index contributed by atoms with van der Waals surface area (Å²) in [5, 5.41) is 1.08. The Morgan fingerprint density at radius 1 is 1.12 bits per heavy atom. The quantitative estimate of drug-likeness (QED) is 0.661. The maximum absolute atomic E-state index is 13.5. The molecule has 1 fully saturated rings. The van der Waals surface area contributed by atoms with Gasteiger partial charge in [-0.15, -0.1) is 0 Å². The van der Waals surface area contributed by atoms with Crippen molar-refractivity contribution in [3.63, 3.8) is 0 Å². The molecule has 2 atom stereocenters. The normalized spacial score (nSPS) is 23.7. The van der Waals surface area contributed by atoms with Gasteiger partial charge >= 0.3 is 0 Å². The number of carbonyl (C=O) groups excluding carboxylic acids is 2. The van der Waals surface area contributed by atoms with E-state index in [1.165, 1.54) is 0 Å². The molecule has 1 aromatic rings. The monoisotopic (exact) mass is 476 g/mol. The molecule has 3 aliphatic heterocycles. The number of halogens is 2. The minimum atomic E-state index is -0.411. The minimum Gasteiger partial charge on any atom is -0.337 e. The van der Waals surface area contributed by atoms with E-state index in [-0.39, 0.29) is 17.9 Å². The first-order valence-corrected chi connectivity index (χ1v) is 11.9. The van der Waals surface area contributed by atoms with Gasteiger partial charge in [-0.25, -0.2) is 4.99 Å². The van der Waals surface area contributed by atoms with E-state index in [1.807, 2.05) is 26.0 Å². The lowest BCUT2D eigenvalue weighted by atomic mass is 9.91. The van der Waals surface area contributed by atoms with Crippen LogP contribution < -0.4 is 0 Å². The summed E-state index contributed by atoms with van der Waals surface area (Å²) < 4.78 is 0. The minimum absolute atomic E-state index is 0.0598. The van der Waals surface area contributed by atoms with Crippen molar-refractivity contribution in [1.82, 2.24) is 14.7 Å². The zero-order chi connectivity index (χ0) is 23.2. The lowest BCUT2D eigenvalue weighted by molar-refractivity contribution is -0.120. The number of amides is 2. The Morgan fingerprint density at radius 3 is 2.47 bits per heavy atom. The van der Waals surface area contributed by atoms with Gasteiger partial charge in [0.1, 0.15) is 0 Å². The van der Waals surface area contributed by atoms with Crippen molar-refractivity contribution >= 4 is 40.7 Å². The molecule has 0 bridgehead atoms. The van der Waals surface area contributed by atoms with Crippen LogP contribution in [-0.4, -0.2) is 78.5 Å². The SMILES string of the molecule is CC1=CC(C)=NC(=O)C1CN1CCc2c(Cl)cc(C(C)N3CCN(C)CC3)c(Cl)c2C1=O. The number of aliphatic imine (C=N–C) groups is 1. The Balaban J connectivity index is 1.61. The molecule has 32 heavy (non-hydrogen) atoms. The van der Waals surface area contributed by atoms with Crippen LogP contribution in [0.15, 0.2) is 22.7 Å². The fourth-order valence-electron chi connectivity index (χ4n) is 4.89. The van der Waals surface area contributed by atoms with Crippen molar-refractivity contribution in [2.24, 2.45) is 10.9 Å². The van der Waals surface area contributed by atoms with Gasteiger partial charge in [0, 0.05) is 56.0 Å². The summed E-state index contributed by atoms with van der Waals surface area (Å²) in [6.07, 6.45) is 2.53. The van der Waals surface area contributed by atoms with Crippen LogP contribution in [0.4, 0.5) is 0 Å². The van der Waals surface area contributed by atoms with E-state index in [1.54, 1.807) is 4.90 Å². The highest BCUT2D eigenvalue weighted by Gasteiger charge is 2.35. The first-order valence-electron chi connectivity index (χ1n) is 11.2. The molecule has 1 aromatic carbocycles. The summed E-state index contributed by atoms with van der Waals surface area (Å²) >= 11 is 13.5. The van der Waals surface area contributed by atoms with E-state index in [2.05, 4.69) is 28.8 Å². The van der Waals surface area contributed by atoms with Gasteiger partial charge in [-0.2, -0.15) is 0 Å². The maximum atomic E-state index is 13.5. The average molecular weight is 477 g/mol. The van der Waals surface area contributed by atoms with Crippen LogP contribution in [0.5, 0.6) is 0 Å². The number of dihydropyridines is 1. The van der Waals surface area contributed by atoms with Crippen molar-refractivity contribution in [3.05, 3.63) is 44.5 Å². The van der Waals surface area contributed by atoms with Gasteiger partial charge in [0.2, 0.25) is 0 Å². The molecule has 2 unspecified atom stereocenters. The lowest BCUT2D eigenvalue weighted by Gasteiger charge is -2.38. The largest absolute Gasteiger partial charge is 0.337 e. The van der Waals surface area contributed by atoms with Gasteiger partial charge < -0.3 is 9.80 Å². The third-order valence-corrected chi connectivity index (χ3v) is 7.73. The zero-order valence-corrected chi connectivity index (χ0v) is 20.6. The molecule has 0 saturated carbocycles. The molecule has 2 amide bonds. The molecule has 0 aliphatic carbocycles. The summed E-state index contributed by atoms with van der Waals surface area (Å²) in [5.74, 6) is -0.758. The Labute approximate surface area is 199 Å². The van der Waals surface area contributed by atoms with Crippen LogP contribution in [-0.2, 0) is 11.2 Å². The van der Waals surface area contributed by atoms with Crippen LogP contribution >= 0.6 is 23.2 Å². The Hall–Kier alpha value is -1.73. The third-order valence-electron chi connectivity index (χ3n) is 6.99. The predicted octanol–water partition coefficient (Wildman–Crippen LogP) is 3.86. The van der Waals surface area contributed by atoms with E-state index >= 15 is 0 Å². The summed E-state index contributed by atoms with van der Waals surface area (Å²) in [7, 11) is 2.12. The molecule has 172 valence electrons. The smallest absolute Gasteiger partial charge is 0.255 e. The zero-order valence-electron chi connectivity index (χ0n) is 19.1. The number of nitrogens with zero attached hydrogens (tertiary/aromatic N) is 4. The number of allylic oxidation sites excluding steroid dienone is 1. The number of likely N-dealkylation sites (N-methyl/N-ethyl adjacent to an activating group) is 1. The molecule has 1 saturated heterocycles. The predicted molar refractivity (Wildman–Crippen MR) is 129 cm³/mol. The highest BCUT2D eigenvalue weighted by Crippen LogP contribution is 2.39. The fourth-order valence-corrected chi connectivity index (χ4v) is 5.61. The Bertz CT molecular complexity index is 1010. The van der Waals surface area contributed by atoms with E-state index in [9.17, 15) is 9.59 Å². The van der Waals surface area contributed by atoms with E-state index in [4.69, 9.17) is 23.2 Å². The molecule has 0 radical (unpaired) electrons. The molecule has 0 N–H and O–H groups in total. The van der Waals surface area contributed by atoms with Crippen LogP contribution in [0, 0.1) is 5.92 Å². The van der Waals surface area contributed by atoms with Crippen molar-refractivity contribution in [1.29, 1.82) is 0 Å². The molecule has 0 aromatic heterocycles. The molecule has 3 heterocycles. The van der Waals surface area contributed by atoms with Crippen LogP contribution in [0.1, 0.15) is 48.3 Å². The van der Waals surface area contributed by atoms with Crippen molar-refractivity contribution in [2.45, 2.75) is 33.2 Å². The second kappa shape index (κ2) is 9.26. The number of carbonyl (C=O) groups is 2. The Morgan fingerprint density at radius 2 is 1.81 bits per heavy atom. The van der Waals surface area contributed by atoms with Gasteiger partial charge in [-0.05, 0) is 57.5 Å². The molecule has 4 rings (SSSR count). The summed E-state index contributed by atoms with van der Waals surface area (Å²) in [6, 6.07) is 1.99. The van der Waals surface area contributed by atoms with Crippen LogP contribution in [0.3, 0.4) is 0 Å². The van der Waals surface area contributed by atoms with Gasteiger partial charge in [0.15, 0.2) is 0 Å². The average Bonchev–Trinajstić information content (AvgIpc) is 2.74. The van der Waals surface area contributed by atoms with Crippen molar-refractivity contribution in [3.8, 4) is 0 Å². The number of fused-ring (bicyclic) bond motifs is 1. The molecule has 6 nitrogen and oxygen atoms in total. The molecule has 3 aliphatic rings. The number of hydrogen-bond acceptors (Lipinski definition) is 4. The standard InChI is InChI=1S/C24H30Cl2N4O2/c1-14-11-15(2)27-23(31)19(14)13-30-6-5-17-20(25)12-18(22(26)21(17)24(30)32)16(3)29-9-7-28(4)8-10-29/h11-12,16,19H,5-10,13H2,1-4H3. The van der Waals surface area contributed by atoms with Crippen LogP contribution in [0.2, 0.25) is 10.0 Å². The second-order valence-electron chi connectivity index (χ2n) is 9.16.